The predicted molar refractivity (Wildman–Crippen MR) is 104 cm³/mol. The first-order chi connectivity index (χ1) is 13.0. The number of carbonyl (C=O) groups excluding carboxylic acids is 2. The fraction of sp³-hybridized carbons (Fsp3) is 0.600. The summed E-state index contributed by atoms with van der Waals surface area (Å²) in [5.41, 5.74) is 0.988. The van der Waals surface area contributed by atoms with Gasteiger partial charge < -0.3 is 15.7 Å². The second-order valence-electron chi connectivity index (χ2n) is 7.60. The van der Waals surface area contributed by atoms with Crippen molar-refractivity contribution in [3.05, 3.63) is 34.9 Å². The summed E-state index contributed by atoms with van der Waals surface area (Å²) in [5, 5.41) is 15.3. The molecule has 1 saturated carbocycles. The van der Waals surface area contributed by atoms with Crippen LogP contribution in [0.5, 0.6) is 0 Å². The highest BCUT2D eigenvalue weighted by Gasteiger charge is 2.37. The number of rotatable bonds is 9. The maximum Gasteiger partial charge on any atom is 0.245 e. The zero-order valence-corrected chi connectivity index (χ0v) is 16.3. The van der Waals surface area contributed by atoms with Gasteiger partial charge in [0, 0.05) is 43.2 Å². The molecule has 2 amide bonds. The fourth-order valence-electron chi connectivity index (χ4n) is 3.77. The van der Waals surface area contributed by atoms with E-state index in [0.717, 1.165) is 30.9 Å². The number of aliphatic hydroxyl groups excluding tert-OH is 1. The second kappa shape index (κ2) is 9.53. The van der Waals surface area contributed by atoms with Gasteiger partial charge in [-0.15, -0.1) is 0 Å². The van der Waals surface area contributed by atoms with E-state index in [1.54, 1.807) is 0 Å². The summed E-state index contributed by atoms with van der Waals surface area (Å²) < 4.78 is 0. The summed E-state index contributed by atoms with van der Waals surface area (Å²) in [6.07, 6.45) is 4.89. The molecule has 2 atom stereocenters. The van der Waals surface area contributed by atoms with Crippen molar-refractivity contribution < 1.29 is 14.7 Å². The Bertz CT molecular complexity index is 666. The molecule has 1 aromatic carbocycles. The predicted octanol–water partition coefficient (Wildman–Crippen LogP) is 1.70. The number of likely N-dealkylation sites (tertiary alicyclic amines) is 1. The highest BCUT2D eigenvalue weighted by Crippen LogP contribution is 2.35. The van der Waals surface area contributed by atoms with E-state index >= 15 is 0 Å². The van der Waals surface area contributed by atoms with Crippen LogP contribution in [0.3, 0.4) is 0 Å². The van der Waals surface area contributed by atoms with E-state index < -0.39 is 6.61 Å². The van der Waals surface area contributed by atoms with Crippen molar-refractivity contribution in [2.24, 2.45) is 5.92 Å². The van der Waals surface area contributed by atoms with Gasteiger partial charge in [0.05, 0.1) is 0 Å². The molecule has 6 nitrogen and oxygen atoms in total. The van der Waals surface area contributed by atoms with Gasteiger partial charge >= 0.3 is 0 Å². The van der Waals surface area contributed by atoms with Gasteiger partial charge in [-0.2, -0.15) is 0 Å². The quantitative estimate of drug-likeness (QED) is 0.596. The van der Waals surface area contributed by atoms with Gasteiger partial charge in [0.1, 0.15) is 6.61 Å². The molecule has 27 heavy (non-hydrogen) atoms. The van der Waals surface area contributed by atoms with E-state index in [2.05, 4.69) is 15.5 Å². The molecule has 1 aromatic rings. The third kappa shape index (κ3) is 6.19. The highest BCUT2D eigenvalue weighted by molar-refractivity contribution is 6.30. The number of benzene rings is 1. The number of amides is 2. The van der Waals surface area contributed by atoms with E-state index in [1.807, 2.05) is 24.3 Å². The van der Waals surface area contributed by atoms with E-state index in [-0.39, 0.29) is 23.9 Å². The Hall–Kier alpha value is -1.63. The largest absolute Gasteiger partial charge is 0.387 e. The van der Waals surface area contributed by atoms with Gasteiger partial charge in [-0.25, -0.2) is 0 Å². The third-order valence-electron chi connectivity index (χ3n) is 5.42. The first-order valence-electron chi connectivity index (χ1n) is 9.69. The smallest absolute Gasteiger partial charge is 0.245 e. The van der Waals surface area contributed by atoms with Crippen molar-refractivity contribution >= 4 is 23.4 Å². The zero-order chi connectivity index (χ0) is 19.2. The molecule has 148 valence electrons. The molecule has 1 heterocycles. The molecule has 3 rings (SSSR count). The third-order valence-corrected chi connectivity index (χ3v) is 5.65. The average Bonchev–Trinajstić information content (AvgIpc) is 3.40. The number of hydrogen-bond acceptors (Lipinski definition) is 4. The van der Waals surface area contributed by atoms with Crippen molar-refractivity contribution in [3.8, 4) is 0 Å². The van der Waals surface area contributed by atoms with Gasteiger partial charge in [-0.3, -0.25) is 14.5 Å². The van der Waals surface area contributed by atoms with Crippen LogP contribution in [0.25, 0.3) is 0 Å². The van der Waals surface area contributed by atoms with E-state index in [0.29, 0.717) is 24.5 Å². The van der Waals surface area contributed by atoms with E-state index in [9.17, 15) is 9.59 Å². The van der Waals surface area contributed by atoms with Gasteiger partial charge in [-0.1, -0.05) is 23.7 Å². The van der Waals surface area contributed by atoms with Crippen LogP contribution in [0, 0.1) is 5.92 Å². The Balaban J connectivity index is 1.50. The first-order valence-corrected chi connectivity index (χ1v) is 10.1. The number of halogens is 1. The van der Waals surface area contributed by atoms with Crippen LogP contribution in [0.4, 0.5) is 0 Å². The lowest BCUT2D eigenvalue weighted by molar-refractivity contribution is -0.124. The van der Waals surface area contributed by atoms with Crippen LogP contribution in [-0.4, -0.2) is 53.6 Å². The van der Waals surface area contributed by atoms with Crippen LogP contribution in [-0.2, 0) is 16.1 Å². The Morgan fingerprint density at radius 1 is 1.11 bits per heavy atom. The summed E-state index contributed by atoms with van der Waals surface area (Å²) >= 11 is 5.98. The van der Waals surface area contributed by atoms with E-state index in [1.165, 1.54) is 12.8 Å². The lowest BCUT2D eigenvalue weighted by atomic mass is 10.1. The molecular weight excluding hydrogens is 366 g/mol. The van der Waals surface area contributed by atoms with Crippen LogP contribution < -0.4 is 10.6 Å². The molecule has 0 unspecified atom stereocenters. The molecule has 7 heteroatoms. The van der Waals surface area contributed by atoms with Gasteiger partial charge in [0.2, 0.25) is 11.8 Å². The topological polar surface area (TPSA) is 81.7 Å². The fourth-order valence-corrected chi connectivity index (χ4v) is 3.98. The average molecular weight is 394 g/mol. The molecule has 1 aliphatic carbocycles. The van der Waals surface area contributed by atoms with Crippen molar-refractivity contribution in [2.75, 3.05) is 19.7 Å². The minimum atomic E-state index is -0.481. The number of nitrogens with one attached hydrogen (secondary N) is 2. The minimum Gasteiger partial charge on any atom is -0.387 e. The Labute approximate surface area is 165 Å². The summed E-state index contributed by atoms with van der Waals surface area (Å²) in [7, 11) is 0. The molecule has 2 aliphatic rings. The van der Waals surface area contributed by atoms with E-state index in [4.69, 9.17) is 16.7 Å². The van der Waals surface area contributed by atoms with Crippen molar-refractivity contribution in [1.29, 1.82) is 0 Å². The van der Waals surface area contributed by atoms with Gasteiger partial charge in [0.15, 0.2) is 0 Å². The Morgan fingerprint density at radius 2 is 1.89 bits per heavy atom. The lowest BCUT2D eigenvalue weighted by Gasteiger charge is -2.30. The molecule has 0 bridgehead atoms. The summed E-state index contributed by atoms with van der Waals surface area (Å²) in [6, 6.07) is 7.95. The summed E-state index contributed by atoms with van der Waals surface area (Å²) in [5.74, 6) is 0.418. The standard InChI is InChI=1S/C20H28ClN3O3/c21-16-3-1-2-15(8-16)10-22-19(26)9-17-6-7-18(11-23-20(27)13-25)24(17)12-14-4-5-14/h1-3,8,14,17-18,25H,4-7,9-13H2,(H,22,26)(H,23,27)/t17-,18+/m1/s1. The van der Waals surface area contributed by atoms with Crippen molar-refractivity contribution in [1.82, 2.24) is 15.5 Å². The normalized spacial score (nSPS) is 22.6. The van der Waals surface area contributed by atoms with Crippen LogP contribution in [0.1, 0.15) is 37.7 Å². The van der Waals surface area contributed by atoms with Crippen LogP contribution in [0.15, 0.2) is 24.3 Å². The van der Waals surface area contributed by atoms with Crippen LogP contribution >= 0.6 is 11.6 Å². The number of nitrogens with zero attached hydrogens (tertiary/aromatic N) is 1. The van der Waals surface area contributed by atoms with Crippen molar-refractivity contribution in [2.45, 2.75) is 50.7 Å². The molecular formula is C20H28ClN3O3. The summed E-state index contributed by atoms with van der Waals surface area (Å²) in [6.45, 7) is 1.52. The molecule has 0 radical (unpaired) electrons. The highest BCUT2D eigenvalue weighted by atomic mass is 35.5. The summed E-state index contributed by atoms with van der Waals surface area (Å²) in [4.78, 5) is 26.2. The Kier molecular flexibility index (Phi) is 7.10. The molecule has 1 aliphatic heterocycles. The SMILES string of the molecule is O=C(CO)NC[C@@H]1CC[C@H](CC(=O)NCc2cccc(Cl)c2)N1CC1CC1. The van der Waals surface area contributed by atoms with Crippen molar-refractivity contribution in [3.63, 3.8) is 0 Å². The molecule has 3 N–H and O–H groups in total. The number of carbonyl (C=O) groups is 2. The second-order valence-corrected chi connectivity index (χ2v) is 8.03. The number of hydrogen-bond donors (Lipinski definition) is 3. The molecule has 0 spiro atoms. The molecule has 0 aromatic heterocycles. The van der Waals surface area contributed by atoms with Gasteiger partial charge in [0.25, 0.3) is 0 Å². The van der Waals surface area contributed by atoms with Gasteiger partial charge in [-0.05, 0) is 49.3 Å². The lowest BCUT2D eigenvalue weighted by Crippen LogP contribution is -2.45. The zero-order valence-electron chi connectivity index (χ0n) is 15.5. The molecule has 2 fully saturated rings. The monoisotopic (exact) mass is 393 g/mol. The maximum absolute atomic E-state index is 12.4. The molecule has 1 saturated heterocycles. The minimum absolute atomic E-state index is 0.0424. The first kappa shape index (κ1) is 20.1. The van der Waals surface area contributed by atoms with Crippen LogP contribution in [0.2, 0.25) is 5.02 Å². The number of aliphatic hydroxyl groups is 1. The Morgan fingerprint density at radius 3 is 2.59 bits per heavy atom. The maximum atomic E-state index is 12.4.